The Morgan fingerprint density at radius 3 is 2.59 bits per heavy atom. The van der Waals surface area contributed by atoms with Crippen LogP contribution in [0, 0.1) is 0 Å². The Kier molecular flexibility index (Phi) is 6.47. The average molecular weight is 391 g/mol. The fourth-order valence-electron chi connectivity index (χ4n) is 4.02. The molecule has 5 heteroatoms. The average Bonchev–Trinajstić information content (AvgIpc) is 3.18. The molecule has 1 aliphatic heterocycles. The largest absolute Gasteiger partial charge is 0.372 e. The first kappa shape index (κ1) is 19.5. The maximum Gasteiger partial charge on any atom is 0.225 e. The Morgan fingerprint density at radius 1 is 0.966 bits per heavy atom. The fraction of sp³-hybridized carbons (Fsp3) is 0.375. The summed E-state index contributed by atoms with van der Waals surface area (Å²) in [6.07, 6.45) is 7.37. The first-order chi connectivity index (χ1) is 14.3. The third-order valence-electron chi connectivity index (χ3n) is 5.65. The number of nitrogens with one attached hydrogen (secondary N) is 3. The topological polar surface area (TPSA) is 60.2 Å². The number of anilines is 2. The molecule has 1 aliphatic rings. The van der Waals surface area contributed by atoms with Crippen LogP contribution in [0.4, 0.5) is 11.4 Å². The van der Waals surface area contributed by atoms with E-state index < -0.39 is 0 Å². The van der Waals surface area contributed by atoms with E-state index in [4.69, 9.17) is 0 Å². The minimum Gasteiger partial charge on any atom is -0.372 e. The van der Waals surface area contributed by atoms with Crippen LogP contribution in [0.15, 0.2) is 54.7 Å². The number of amides is 1. The number of fused-ring (bicyclic) bond motifs is 1. The fourth-order valence-corrected chi connectivity index (χ4v) is 4.02. The van der Waals surface area contributed by atoms with E-state index in [2.05, 4.69) is 57.0 Å². The number of rotatable bonds is 8. The molecule has 0 bridgehead atoms. The molecule has 0 unspecified atom stereocenters. The van der Waals surface area contributed by atoms with Crippen molar-refractivity contribution in [1.82, 2.24) is 10.3 Å². The van der Waals surface area contributed by atoms with Crippen molar-refractivity contribution in [1.29, 1.82) is 0 Å². The van der Waals surface area contributed by atoms with E-state index in [1.807, 2.05) is 18.2 Å². The predicted octanol–water partition coefficient (Wildman–Crippen LogP) is 4.32. The quantitative estimate of drug-likeness (QED) is 0.502. The third kappa shape index (κ3) is 5.18. The maximum atomic E-state index is 12.2. The molecule has 0 radical (unpaired) electrons. The van der Waals surface area contributed by atoms with Crippen molar-refractivity contribution < 1.29 is 4.79 Å². The zero-order valence-corrected chi connectivity index (χ0v) is 16.9. The highest BCUT2D eigenvalue weighted by Crippen LogP contribution is 2.22. The molecule has 1 aromatic heterocycles. The van der Waals surface area contributed by atoms with E-state index in [1.54, 1.807) is 0 Å². The van der Waals surface area contributed by atoms with E-state index in [1.165, 1.54) is 41.4 Å². The highest BCUT2D eigenvalue weighted by molar-refractivity contribution is 5.91. The van der Waals surface area contributed by atoms with E-state index in [9.17, 15) is 4.79 Å². The summed E-state index contributed by atoms with van der Waals surface area (Å²) in [5, 5.41) is 7.65. The van der Waals surface area contributed by atoms with Crippen LogP contribution in [0.2, 0.25) is 0 Å². The zero-order valence-electron chi connectivity index (χ0n) is 16.9. The Labute approximate surface area is 172 Å². The molecule has 1 fully saturated rings. The summed E-state index contributed by atoms with van der Waals surface area (Å²) < 4.78 is 0. The Balaban J connectivity index is 1.16. The molecule has 0 saturated carbocycles. The standard InChI is InChI=1S/C24H30N4O/c29-24(27-20-8-10-21(11-9-20)28-16-4-1-5-17-28)13-15-25-14-12-19-18-26-23-7-3-2-6-22(19)23/h2-3,6-11,18,25-26H,1,4-5,12-17H2,(H,27,29). The summed E-state index contributed by atoms with van der Waals surface area (Å²) in [6.45, 7) is 3.81. The lowest BCUT2D eigenvalue weighted by molar-refractivity contribution is -0.116. The van der Waals surface area contributed by atoms with Gasteiger partial charge >= 0.3 is 0 Å². The van der Waals surface area contributed by atoms with Crippen LogP contribution >= 0.6 is 0 Å². The Bertz CT molecular complexity index is 925. The number of carbonyl (C=O) groups excluding carboxylic acids is 1. The molecule has 29 heavy (non-hydrogen) atoms. The van der Waals surface area contributed by atoms with Gasteiger partial charge in [0.1, 0.15) is 0 Å². The Morgan fingerprint density at radius 2 is 1.76 bits per heavy atom. The van der Waals surface area contributed by atoms with Gasteiger partial charge < -0.3 is 20.5 Å². The normalized spacial score (nSPS) is 14.3. The first-order valence-corrected chi connectivity index (χ1v) is 10.7. The monoisotopic (exact) mass is 390 g/mol. The summed E-state index contributed by atoms with van der Waals surface area (Å²) in [7, 11) is 0. The highest BCUT2D eigenvalue weighted by Gasteiger charge is 2.11. The lowest BCUT2D eigenvalue weighted by atomic mass is 10.1. The second-order valence-electron chi connectivity index (χ2n) is 7.75. The molecule has 2 aromatic carbocycles. The number of aromatic amines is 1. The summed E-state index contributed by atoms with van der Waals surface area (Å²) in [5.41, 5.74) is 4.61. The number of hydrogen-bond acceptors (Lipinski definition) is 3. The van der Waals surface area contributed by atoms with Crippen molar-refractivity contribution in [2.75, 3.05) is 36.4 Å². The van der Waals surface area contributed by atoms with Gasteiger partial charge in [-0.05, 0) is 68.1 Å². The van der Waals surface area contributed by atoms with Crippen molar-refractivity contribution in [3.8, 4) is 0 Å². The van der Waals surface area contributed by atoms with E-state index in [0.717, 1.165) is 31.7 Å². The second-order valence-corrected chi connectivity index (χ2v) is 7.75. The molecule has 0 spiro atoms. The number of nitrogens with zero attached hydrogens (tertiary/aromatic N) is 1. The first-order valence-electron chi connectivity index (χ1n) is 10.7. The van der Waals surface area contributed by atoms with Gasteiger partial charge in [-0.1, -0.05) is 18.2 Å². The van der Waals surface area contributed by atoms with Crippen LogP contribution in [0.25, 0.3) is 10.9 Å². The third-order valence-corrected chi connectivity index (χ3v) is 5.65. The molecule has 4 rings (SSSR count). The molecule has 0 aliphatic carbocycles. The molecule has 1 amide bonds. The minimum atomic E-state index is 0.0512. The van der Waals surface area contributed by atoms with Gasteiger partial charge in [-0.2, -0.15) is 0 Å². The second kappa shape index (κ2) is 9.61. The van der Waals surface area contributed by atoms with Gasteiger partial charge in [0.05, 0.1) is 0 Å². The van der Waals surface area contributed by atoms with Crippen LogP contribution in [0.1, 0.15) is 31.2 Å². The van der Waals surface area contributed by atoms with Gasteiger partial charge in [-0.3, -0.25) is 4.79 Å². The number of hydrogen-bond donors (Lipinski definition) is 3. The van der Waals surface area contributed by atoms with Gasteiger partial charge in [0.15, 0.2) is 0 Å². The molecular formula is C24H30N4O. The van der Waals surface area contributed by atoms with Crippen molar-refractivity contribution in [3.05, 3.63) is 60.3 Å². The summed E-state index contributed by atoms with van der Waals surface area (Å²) in [4.78, 5) is 17.9. The van der Waals surface area contributed by atoms with Crippen LogP contribution in [0.5, 0.6) is 0 Å². The van der Waals surface area contributed by atoms with Gasteiger partial charge in [0, 0.05) is 54.5 Å². The number of carbonyl (C=O) groups is 1. The van der Waals surface area contributed by atoms with Crippen molar-refractivity contribution >= 4 is 28.2 Å². The van der Waals surface area contributed by atoms with Crippen LogP contribution in [-0.2, 0) is 11.2 Å². The van der Waals surface area contributed by atoms with Gasteiger partial charge in [-0.25, -0.2) is 0 Å². The number of aromatic nitrogens is 1. The SMILES string of the molecule is O=C(CCNCCc1c[nH]c2ccccc12)Nc1ccc(N2CCCCC2)cc1. The summed E-state index contributed by atoms with van der Waals surface area (Å²) >= 11 is 0. The zero-order chi connectivity index (χ0) is 19.9. The van der Waals surface area contributed by atoms with Crippen LogP contribution in [0.3, 0.4) is 0 Å². The van der Waals surface area contributed by atoms with Crippen LogP contribution in [-0.4, -0.2) is 37.1 Å². The molecule has 3 N–H and O–H groups in total. The summed E-state index contributed by atoms with van der Waals surface area (Å²) in [6, 6.07) is 16.6. The molecule has 5 nitrogen and oxygen atoms in total. The number of benzene rings is 2. The minimum absolute atomic E-state index is 0.0512. The summed E-state index contributed by atoms with van der Waals surface area (Å²) in [5.74, 6) is 0.0512. The molecular weight excluding hydrogens is 360 g/mol. The van der Waals surface area contributed by atoms with E-state index in [0.29, 0.717) is 13.0 Å². The van der Waals surface area contributed by atoms with Gasteiger partial charge in [-0.15, -0.1) is 0 Å². The smallest absolute Gasteiger partial charge is 0.225 e. The van der Waals surface area contributed by atoms with E-state index in [-0.39, 0.29) is 5.91 Å². The molecule has 1 saturated heterocycles. The molecule has 152 valence electrons. The van der Waals surface area contributed by atoms with Crippen molar-refractivity contribution in [2.24, 2.45) is 0 Å². The molecule has 3 aromatic rings. The number of H-pyrrole nitrogens is 1. The van der Waals surface area contributed by atoms with Gasteiger partial charge in [0.2, 0.25) is 5.91 Å². The number of piperidine rings is 1. The van der Waals surface area contributed by atoms with Crippen molar-refractivity contribution in [3.63, 3.8) is 0 Å². The lowest BCUT2D eigenvalue weighted by Gasteiger charge is -2.28. The predicted molar refractivity (Wildman–Crippen MR) is 121 cm³/mol. The Hall–Kier alpha value is -2.79. The van der Waals surface area contributed by atoms with Crippen molar-refractivity contribution in [2.45, 2.75) is 32.1 Å². The molecule has 2 heterocycles. The maximum absolute atomic E-state index is 12.2. The van der Waals surface area contributed by atoms with Gasteiger partial charge in [0.25, 0.3) is 0 Å². The highest BCUT2D eigenvalue weighted by atomic mass is 16.1. The molecule has 0 atom stereocenters. The number of para-hydroxylation sites is 1. The lowest BCUT2D eigenvalue weighted by Crippen LogP contribution is -2.29. The van der Waals surface area contributed by atoms with E-state index >= 15 is 0 Å². The van der Waals surface area contributed by atoms with Crippen LogP contribution < -0.4 is 15.5 Å².